The van der Waals surface area contributed by atoms with Crippen LogP contribution in [-0.4, -0.2) is 58.9 Å². The Hall–Kier alpha value is -2.71. The fourth-order valence-corrected chi connectivity index (χ4v) is 3.61. The Balaban J connectivity index is 1.61. The van der Waals surface area contributed by atoms with Crippen molar-refractivity contribution >= 4 is 23.8 Å². The standard InChI is InChI=1S/C19H28N6O3/c1-13(22-16(26)12-25-17(27)11-21-19(25)28)15-10-20-18(23-14(15)2)24-8-6-4-3-5-7-9-24/h10,13H,3-9,11-12H2,1-2H3,(H,21,28)(H,22,26). The number of nitrogens with zero attached hydrogens (tertiary/aromatic N) is 4. The van der Waals surface area contributed by atoms with Crippen LogP contribution in [0.4, 0.5) is 10.7 Å². The normalized spacial score (nSPS) is 19.1. The number of carbonyl (C=O) groups is 3. The maximum absolute atomic E-state index is 12.2. The zero-order chi connectivity index (χ0) is 20.1. The van der Waals surface area contributed by atoms with Crippen molar-refractivity contribution in [1.82, 2.24) is 25.5 Å². The van der Waals surface area contributed by atoms with Gasteiger partial charge in [0, 0.05) is 30.5 Å². The van der Waals surface area contributed by atoms with Gasteiger partial charge in [-0.05, 0) is 26.7 Å². The number of anilines is 1. The van der Waals surface area contributed by atoms with E-state index in [-0.39, 0.29) is 19.1 Å². The molecule has 1 atom stereocenters. The van der Waals surface area contributed by atoms with Crippen LogP contribution in [0.3, 0.4) is 0 Å². The average Bonchev–Trinajstić information content (AvgIpc) is 2.93. The summed E-state index contributed by atoms with van der Waals surface area (Å²) in [6.45, 7) is 5.33. The summed E-state index contributed by atoms with van der Waals surface area (Å²) in [5.41, 5.74) is 1.64. The minimum atomic E-state index is -0.537. The van der Waals surface area contributed by atoms with Crippen LogP contribution in [0.5, 0.6) is 0 Å². The van der Waals surface area contributed by atoms with E-state index < -0.39 is 17.8 Å². The van der Waals surface area contributed by atoms with Gasteiger partial charge in [-0.25, -0.2) is 14.8 Å². The van der Waals surface area contributed by atoms with Crippen molar-refractivity contribution in [2.75, 3.05) is 31.1 Å². The second-order valence-electron chi connectivity index (χ2n) is 7.39. The van der Waals surface area contributed by atoms with Crippen LogP contribution in [0.1, 0.15) is 56.3 Å². The quantitative estimate of drug-likeness (QED) is 0.736. The van der Waals surface area contributed by atoms with E-state index in [9.17, 15) is 14.4 Å². The molecule has 2 fully saturated rings. The molecule has 1 aromatic rings. The number of hydrogen-bond donors (Lipinski definition) is 2. The summed E-state index contributed by atoms with van der Waals surface area (Å²) in [5, 5.41) is 5.21. The van der Waals surface area contributed by atoms with Crippen LogP contribution < -0.4 is 15.5 Å². The van der Waals surface area contributed by atoms with Crippen molar-refractivity contribution in [3.63, 3.8) is 0 Å². The minimum Gasteiger partial charge on any atom is -0.348 e. The molecule has 4 amide bonds. The van der Waals surface area contributed by atoms with Gasteiger partial charge in [-0.2, -0.15) is 0 Å². The molecule has 3 rings (SSSR count). The second kappa shape index (κ2) is 8.99. The number of amides is 4. The molecule has 2 saturated heterocycles. The maximum Gasteiger partial charge on any atom is 0.325 e. The van der Waals surface area contributed by atoms with Gasteiger partial charge >= 0.3 is 6.03 Å². The summed E-state index contributed by atoms with van der Waals surface area (Å²) in [6, 6.07) is -0.862. The molecule has 9 nitrogen and oxygen atoms in total. The van der Waals surface area contributed by atoms with E-state index in [0.29, 0.717) is 0 Å². The van der Waals surface area contributed by atoms with Crippen LogP contribution in [-0.2, 0) is 9.59 Å². The Morgan fingerprint density at radius 1 is 1.21 bits per heavy atom. The monoisotopic (exact) mass is 388 g/mol. The molecule has 2 N–H and O–H groups in total. The summed E-state index contributed by atoms with van der Waals surface area (Å²) in [6.07, 6.45) is 7.85. The number of urea groups is 1. The third-order valence-electron chi connectivity index (χ3n) is 5.23. The van der Waals surface area contributed by atoms with Crippen LogP contribution in [0.2, 0.25) is 0 Å². The molecule has 152 valence electrons. The lowest BCUT2D eigenvalue weighted by atomic mass is 10.1. The fraction of sp³-hybridized carbons (Fsp3) is 0.632. The summed E-state index contributed by atoms with van der Waals surface area (Å²) in [4.78, 5) is 47.7. The van der Waals surface area contributed by atoms with Gasteiger partial charge < -0.3 is 15.5 Å². The molecule has 1 unspecified atom stereocenters. The van der Waals surface area contributed by atoms with E-state index in [2.05, 4.69) is 25.5 Å². The Bertz CT molecular complexity index is 729. The number of aromatic nitrogens is 2. The first-order valence-electron chi connectivity index (χ1n) is 9.91. The molecule has 28 heavy (non-hydrogen) atoms. The van der Waals surface area contributed by atoms with E-state index in [1.165, 1.54) is 19.3 Å². The van der Waals surface area contributed by atoms with E-state index in [4.69, 9.17) is 0 Å². The van der Waals surface area contributed by atoms with Gasteiger partial charge in [0.2, 0.25) is 11.9 Å². The highest BCUT2D eigenvalue weighted by Crippen LogP contribution is 2.20. The maximum atomic E-state index is 12.2. The number of rotatable bonds is 5. The smallest absolute Gasteiger partial charge is 0.325 e. The highest BCUT2D eigenvalue weighted by Gasteiger charge is 2.30. The number of nitrogens with one attached hydrogen (secondary N) is 2. The Labute approximate surface area is 164 Å². The van der Waals surface area contributed by atoms with Gasteiger partial charge in [0.1, 0.15) is 6.54 Å². The predicted molar refractivity (Wildman–Crippen MR) is 104 cm³/mol. The zero-order valence-electron chi connectivity index (χ0n) is 16.5. The van der Waals surface area contributed by atoms with Crippen LogP contribution >= 0.6 is 0 Å². The van der Waals surface area contributed by atoms with E-state index in [0.717, 1.165) is 48.0 Å². The van der Waals surface area contributed by atoms with Crippen LogP contribution in [0, 0.1) is 6.92 Å². The summed E-state index contributed by atoms with van der Waals surface area (Å²) >= 11 is 0. The van der Waals surface area contributed by atoms with Crippen LogP contribution in [0.25, 0.3) is 0 Å². The lowest BCUT2D eigenvalue weighted by Crippen LogP contribution is -2.41. The van der Waals surface area contributed by atoms with Crippen molar-refractivity contribution in [3.8, 4) is 0 Å². The Morgan fingerprint density at radius 3 is 2.50 bits per heavy atom. The lowest BCUT2D eigenvalue weighted by Gasteiger charge is -2.25. The molecule has 0 radical (unpaired) electrons. The van der Waals surface area contributed by atoms with Crippen molar-refractivity contribution in [2.45, 2.75) is 52.0 Å². The third kappa shape index (κ3) is 4.76. The van der Waals surface area contributed by atoms with E-state index >= 15 is 0 Å². The van der Waals surface area contributed by atoms with Gasteiger partial charge in [-0.3, -0.25) is 14.5 Å². The SMILES string of the molecule is Cc1nc(N2CCCCCCC2)ncc1C(C)NC(=O)CN1C(=O)CNC1=O. The molecule has 0 spiro atoms. The predicted octanol–water partition coefficient (Wildman–Crippen LogP) is 1.28. The Morgan fingerprint density at radius 2 is 1.89 bits per heavy atom. The number of aryl methyl sites for hydroxylation is 1. The minimum absolute atomic E-state index is 0.0629. The molecular weight excluding hydrogens is 360 g/mol. The number of imide groups is 1. The van der Waals surface area contributed by atoms with Crippen molar-refractivity contribution < 1.29 is 14.4 Å². The first-order valence-corrected chi connectivity index (χ1v) is 9.91. The molecule has 0 aromatic carbocycles. The summed E-state index contributed by atoms with van der Waals surface area (Å²) in [7, 11) is 0. The zero-order valence-corrected chi connectivity index (χ0v) is 16.5. The van der Waals surface area contributed by atoms with Crippen molar-refractivity contribution in [3.05, 3.63) is 17.5 Å². The van der Waals surface area contributed by atoms with Gasteiger partial charge in [0.15, 0.2) is 0 Å². The highest BCUT2D eigenvalue weighted by molar-refractivity contribution is 6.04. The van der Waals surface area contributed by atoms with Gasteiger partial charge in [-0.15, -0.1) is 0 Å². The topological polar surface area (TPSA) is 108 Å². The first-order chi connectivity index (χ1) is 13.5. The van der Waals surface area contributed by atoms with Gasteiger partial charge in [0.25, 0.3) is 5.91 Å². The molecule has 0 bridgehead atoms. The number of carbonyl (C=O) groups excluding carboxylic acids is 3. The highest BCUT2D eigenvalue weighted by atomic mass is 16.2. The van der Waals surface area contributed by atoms with Gasteiger partial charge in [0.05, 0.1) is 12.6 Å². The molecule has 0 aliphatic carbocycles. The fourth-order valence-electron chi connectivity index (χ4n) is 3.61. The Kier molecular flexibility index (Phi) is 6.43. The molecule has 2 aliphatic rings. The largest absolute Gasteiger partial charge is 0.348 e. The molecule has 1 aromatic heterocycles. The molecule has 0 saturated carbocycles. The summed E-state index contributed by atoms with van der Waals surface area (Å²) in [5.74, 6) is -0.0592. The van der Waals surface area contributed by atoms with Crippen molar-refractivity contribution in [2.24, 2.45) is 0 Å². The van der Waals surface area contributed by atoms with Gasteiger partial charge in [-0.1, -0.05) is 19.3 Å². The first kappa shape index (κ1) is 20.0. The molecule has 9 heteroatoms. The third-order valence-corrected chi connectivity index (χ3v) is 5.23. The average molecular weight is 388 g/mol. The second-order valence-corrected chi connectivity index (χ2v) is 7.39. The molecule has 3 heterocycles. The van der Waals surface area contributed by atoms with Crippen LogP contribution in [0.15, 0.2) is 6.20 Å². The van der Waals surface area contributed by atoms with E-state index in [1.54, 1.807) is 6.20 Å². The molecular formula is C19H28N6O3. The molecule has 2 aliphatic heterocycles. The number of hydrogen-bond acceptors (Lipinski definition) is 6. The van der Waals surface area contributed by atoms with E-state index in [1.807, 2.05) is 13.8 Å². The summed E-state index contributed by atoms with van der Waals surface area (Å²) < 4.78 is 0. The van der Waals surface area contributed by atoms with Crippen molar-refractivity contribution in [1.29, 1.82) is 0 Å². The lowest BCUT2D eigenvalue weighted by molar-refractivity contribution is -0.130.